The molecule has 0 radical (unpaired) electrons. The van der Waals surface area contributed by atoms with Crippen LogP contribution in [0.25, 0.3) is 0 Å². The van der Waals surface area contributed by atoms with Gasteiger partial charge in [-0.05, 0) is 49.4 Å². The zero-order chi connectivity index (χ0) is 20.2. The number of hydrogen-bond acceptors (Lipinski definition) is 5. The quantitative estimate of drug-likeness (QED) is 0.716. The van der Waals surface area contributed by atoms with Crippen LogP contribution < -0.4 is 4.72 Å². The fraction of sp³-hybridized carbons (Fsp3) is 0.556. The second-order valence-electron chi connectivity index (χ2n) is 7.15. The van der Waals surface area contributed by atoms with Gasteiger partial charge >= 0.3 is 5.97 Å². The second-order valence-corrected chi connectivity index (χ2v) is 9.30. The predicted octanol–water partition coefficient (Wildman–Crippen LogP) is 2.05. The van der Waals surface area contributed by atoms with Gasteiger partial charge in [0.05, 0.1) is 4.90 Å². The zero-order valence-electron chi connectivity index (χ0n) is 15.6. The molecule has 1 aromatic rings. The van der Waals surface area contributed by atoms with Crippen LogP contribution in [0.5, 0.6) is 0 Å². The van der Waals surface area contributed by atoms with Gasteiger partial charge in [0.1, 0.15) is 6.04 Å². The molecule has 1 N–H and O–H groups in total. The number of nitrogens with one attached hydrogen (secondary N) is 1. The molecule has 7 nitrogen and oxygen atoms in total. The molecule has 0 bridgehead atoms. The molecular weight excluding hydrogens is 392 g/mol. The summed E-state index contributed by atoms with van der Waals surface area (Å²) in [5.41, 5.74) is 0. The highest BCUT2D eigenvalue weighted by atomic mass is 35.5. The van der Waals surface area contributed by atoms with Gasteiger partial charge < -0.3 is 9.64 Å². The maximum atomic E-state index is 12.3. The van der Waals surface area contributed by atoms with Crippen molar-refractivity contribution in [1.82, 2.24) is 9.62 Å². The second kappa shape index (κ2) is 9.03. The maximum absolute atomic E-state index is 12.3. The van der Waals surface area contributed by atoms with Crippen molar-refractivity contribution in [2.75, 3.05) is 19.7 Å². The first-order chi connectivity index (χ1) is 12.6. The van der Waals surface area contributed by atoms with E-state index in [0.29, 0.717) is 29.9 Å². The fourth-order valence-electron chi connectivity index (χ4n) is 3.18. The molecule has 1 heterocycles. The van der Waals surface area contributed by atoms with Gasteiger partial charge in [0.15, 0.2) is 6.61 Å². The van der Waals surface area contributed by atoms with Crippen molar-refractivity contribution in [3.8, 4) is 0 Å². The molecule has 2 rings (SSSR count). The van der Waals surface area contributed by atoms with Crippen molar-refractivity contribution in [1.29, 1.82) is 0 Å². The molecule has 1 saturated heterocycles. The Labute approximate surface area is 165 Å². The first kappa shape index (κ1) is 21.7. The standard InChI is InChI=1S/C18H25ClN2O5S/c1-12-8-13(2)10-21(9-12)17(22)11-26-18(23)14(3)20-27(24,25)16-6-4-15(19)5-7-16/h4-7,12-14,20H,8-11H2,1-3H3. The number of sulfonamides is 1. The summed E-state index contributed by atoms with van der Waals surface area (Å²) in [5, 5.41) is 0.404. The number of esters is 1. The monoisotopic (exact) mass is 416 g/mol. The van der Waals surface area contributed by atoms with Gasteiger partial charge in [-0.15, -0.1) is 0 Å². The molecule has 1 aliphatic heterocycles. The average Bonchev–Trinajstić information content (AvgIpc) is 2.58. The van der Waals surface area contributed by atoms with E-state index in [4.69, 9.17) is 16.3 Å². The highest BCUT2D eigenvalue weighted by molar-refractivity contribution is 7.89. The van der Waals surface area contributed by atoms with Crippen LogP contribution >= 0.6 is 11.6 Å². The van der Waals surface area contributed by atoms with Crippen molar-refractivity contribution in [2.45, 2.75) is 38.1 Å². The molecule has 0 spiro atoms. The lowest BCUT2D eigenvalue weighted by atomic mass is 9.92. The minimum Gasteiger partial charge on any atom is -0.454 e. The number of benzene rings is 1. The van der Waals surface area contributed by atoms with E-state index >= 15 is 0 Å². The zero-order valence-corrected chi connectivity index (χ0v) is 17.2. The summed E-state index contributed by atoms with van der Waals surface area (Å²) in [7, 11) is -3.90. The summed E-state index contributed by atoms with van der Waals surface area (Å²) in [6.07, 6.45) is 1.06. The topological polar surface area (TPSA) is 92.8 Å². The van der Waals surface area contributed by atoms with Crippen molar-refractivity contribution in [3.63, 3.8) is 0 Å². The lowest BCUT2D eigenvalue weighted by Crippen LogP contribution is -2.45. The summed E-state index contributed by atoms with van der Waals surface area (Å²) in [5.74, 6) is -0.273. The van der Waals surface area contributed by atoms with Gasteiger partial charge in [-0.3, -0.25) is 9.59 Å². The van der Waals surface area contributed by atoms with E-state index in [-0.39, 0.29) is 10.8 Å². The Morgan fingerprint density at radius 2 is 1.78 bits per heavy atom. The molecule has 1 aromatic carbocycles. The third-order valence-corrected chi connectivity index (χ3v) is 6.18. The Hall–Kier alpha value is -1.64. The number of nitrogens with zero attached hydrogens (tertiary/aromatic N) is 1. The lowest BCUT2D eigenvalue weighted by Gasteiger charge is -2.34. The number of hydrogen-bond donors (Lipinski definition) is 1. The molecule has 27 heavy (non-hydrogen) atoms. The first-order valence-electron chi connectivity index (χ1n) is 8.80. The Morgan fingerprint density at radius 1 is 1.22 bits per heavy atom. The molecule has 3 unspecified atom stereocenters. The number of carbonyl (C=O) groups excluding carboxylic acids is 2. The normalized spacial score (nSPS) is 21.6. The third kappa shape index (κ3) is 6.19. The number of amides is 1. The van der Waals surface area contributed by atoms with Crippen LogP contribution in [0.1, 0.15) is 27.2 Å². The van der Waals surface area contributed by atoms with E-state index in [9.17, 15) is 18.0 Å². The first-order valence-corrected chi connectivity index (χ1v) is 10.7. The number of rotatable bonds is 6. The van der Waals surface area contributed by atoms with Crippen LogP contribution in [0.2, 0.25) is 5.02 Å². The van der Waals surface area contributed by atoms with Gasteiger partial charge in [0, 0.05) is 18.1 Å². The van der Waals surface area contributed by atoms with Crippen molar-refractivity contribution in [3.05, 3.63) is 29.3 Å². The van der Waals surface area contributed by atoms with Gasteiger partial charge in [0.2, 0.25) is 10.0 Å². The average molecular weight is 417 g/mol. The SMILES string of the molecule is CC1CC(C)CN(C(=O)COC(=O)C(C)NS(=O)(=O)c2ccc(Cl)cc2)C1. The summed E-state index contributed by atoms with van der Waals surface area (Å²) in [6.45, 7) is 6.40. The van der Waals surface area contributed by atoms with Crippen LogP contribution in [0.3, 0.4) is 0 Å². The number of carbonyl (C=O) groups is 2. The van der Waals surface area contributed by atoms with Crippen LogP contribution in [0.4, 0.5) is 0 Å². The molecule has 1 fully saturated rings. The Kier molecular flexibility index (Phi) is 7.25. The fourth-order valence-corrected chi connectivity index (χ4v) is 4.50. The highest BCUT2D eigenvalue weighted by Gasteiger charge is 2.27. The molecule has 1 amide bonds. The van der Waals surface area contributed by atoms with E-state index in [0.717, 1.165) is 6.42 Å². The van der Waals surface area contributed by atoms with Crippen molar-refractivity contribution in [2.24, 2.45) is 11.8 Å². The van der Waals surface area contributed by atoms with E-state index < -0.39 is 28.6 Å². The van der Waals surface area contributed by atoms with E-state index in [1.54, 1.807) is 4.90 Å². The number of halogens is 1. The molecule has 9 heteroatoms. The maximum Gasteiger partial charge on any atom is 0.324 e. The number of likely N-dealkylation sites (tertiary alicyclic amines) is 1. The van der Waals surface area contributed by atoms with Crippen molar-refractivity contribution < 1.29 is 22.7 Å². The Morgan fingerprint density at radius 3 is 2.33 bits per heavy atom. The minimum absolute atomic E-state index is 0.0149. The molecule has 3 atom stereocenters. The third-order valence-electron chi connectivity index (χ3n) is 4.37. The van der Waals surface area contributed by atoms with E-state index in [2.05, 4.69) is 18.6 Å². The summed E-state index contributed by atoms with van der Waals surface area (Å²) in [4.78, 5) is 26.0. The molecule has 0 saturated carbocycles. The van der Waals surface area contributed by atoms with Gasteiger partial charge in [-0.25, -0.2) is 8.42 Å². The van der Waals surface area contributed by atoms with E-state index in [1.165, 1.54) is 31.2 Å². The summed E-state index contributed by atoms with van der Waals surface area (Å²) in [6, 6.07) is 4.43. The molecule has 0 aromatic heterocycles. The molecule has 150 valence electrons. The summed E-state index contributed by atoms with van der Waals surface area (Å²) < 4.78 is 31.8. The Balaban J connectivity index is 1.88. The highest BCUT2D eigenvalue weighted by Crippen LogP contribution is 2.21. The van der Waals surface area contributed by atoms with Gasteiger partial charge in [-0.2, -0.15) is 4.72 Å². The molecular formula is C18H25ClN2O5S. The van der Waals surface area contributed by atoms with Gasteiger partial charge in [-0.1, -0.05) is 25.4 Å². The Bertz CT molecular complexity index is 771. The predicted molar refractivity (Wildman–Crippen MR) is 102 cm³/mol. The van der Waals surface area contributed by atoms with Crippen LogP contribution in [0.15, 0.2) is 29.2 Å². The minimum atomic E-state index is -3.90. The number of ether oxygens (including phenoxy) is 1. The van der Waals surface area contributed by atoms with E-state index in [1.807, 2.05) is 0 Å². The van der Waals surface area contributed by atoms with Crippen LogP contribution in [0, 0.1) is 11.8 Å². The van der Waals surface area contributed by atoms with Crippen LogP contribution in [-0.2, 0) is 24.3 Å². The van der Waals surface area contributed by atoms with Gasteiger partial charge in [0.25, 0.3) is 5.91 Å². The molecule has 0 aliphatic carbocycles. The summed E-state index contributed by atoms with van der Waals surface area (Å²) >= 11 is 5.75. The van der Waals surface area contributed by atoms with Crippen LogP contribution in [-0.4, -0.2) is 50.9 Å². The molecule has 1 aliphatic rings. The smallest absolute Gasteiger partial charge is 0.324 e. The number of piperidine rings is 1. The largest absolute Gasteiger partial charge is 0.454 e. The van der Waals surface area contributed by atoms with Crippen molar-refractivity contribution >= 4 is 33.5 Å². The lowest BCUT2D eigenvalue weighted by molar-refractivity contribution is -0.154.